The highest BCUT2D eigenvalue weighted by Gasteiger charge is 2.24. The van der Waals surface area contributed by atoms with Crippen LogP contribution < -0.4 is 11.1 Å². The van der Waals surface area contributed by atoms with Crippen molar-refractivity contribution in [1.29, 1.82) is 0 Å². The van der Waals surface area contributed by atoms with Gasteiger partial charge in [-0.2, -0.15) is 0 Å². The molecule has 0 heterocycles. The van der Waals surface area contributed by atoms with Crippen molar-refractivity contribution in [3.05, 3.63) is 0 Å². The number of nitrogens with two attached hydrogens (primary N) is 1. The predicted octanol–water partition coefficient (Wildman–Crippen LogP) is 1.92. The lowest BCUT2D eigenvalue weighted by Gasteiger charge is -2.32. The van der Waals surface area contributed by atoms with Crippen LogP contribution >= 0.6 is 0 Å². The lowest BCUT2D eigenvalue weighted by atomic mass is 10.0. The average Bonchev–Trinajstić information content (AvgIpc) is 2.22. The second-order valence-electron chi connectivity index (χ2n) is 6.30. The van der Waals surface area contributed by atoms with Crippen LogP contribution in [0.5, 0.6) is 0 Å². The van der Waals surface area contributed by atoms with E-state index in [1.807, 2.05) is 0 Å². The fourth-order valence-electron chi connectivity index (χ4n) is 1.51. The summed E-state index contributed by atoms with van der Waals surface area (Å²) in [5, 5.41) is 3.33. The van der Waals surface area contributed by atoms with Gasteiger partial charge < -0.3 is 20.5 Å². The molecule has 0 aliphatic heterocycles. The van der Waals surface area contributed by atoms with E-state index in [4.69, 9.17) is 15.2 Å². The Hall–Kier alpha value is -0.160. The molecular formula is C14H32N2O2. The molecule has 0 spiro atoms. The molecule has 0 bridgehead atoms. The van der Waals surface area contributed by atoms with Crippen LogP contribution in [0.1, 0.15) is 48.0 Å². The molecule has 0 rings (SSSR count). The van der Waals surface area contributed by atoms with E-state index in [0.29, 0.717) is 25.8 Å². The summed E-state index contributed by atoms with van der Waals surface area (Å²) in [6.45, 7) is 15.3. The summed E-state index contributed by atoms with van der Waals surface area (Å²) in [5.74, 6) is 0. The van der Waals surface area contributed by atoms with E-state index in [-0.39, 0.29) is 11.2 Å². The minimum Gasteiger partial charge on any atom is -0.373 e. The van der Waals surface area contributed by atoms with Gasteiger partial charge in [-0.3, -0.25) is 0 Å². The highest BCUT2D eigenvalue weighted by Crippen LogP contribution is 2.18. The molecule has 0 saturated carbocycles. The first-order valence-corrected chi connectivity index (χ1v) is 6.90. The Labute approximate surface area is 113 Å². The van der Waals surface area contributed by atoms with Crippen LogP contribution in [0, 0.1) is 0 Å². The Balaban J connectivity index is 3.85. The zero-order chi connectivity index (χ0) is 14.2. The Morgan fingerprint density at radius 3 is 2.17 bits per heavy atom. The Kier molecular flexibility index (Phi) is 8.03. The van der Waals surface area contributed by atoms with Crippen molar-refractivity contribution < 1.29 is 9.47 Å². The molecule has 4 nitrogen and oxygen atoms in total. The topological polar surface area (TPSA) is 56.5 Å². The molecule has 0 aromatic carbocycles. The van der Waals surface area contributed by atoms with Crippen LogP contribution in [0.15, 0.2) is 0 Å². The van der Waals surface area contributed by atoms with Crippen molar-refractivity contribution in [2.75, 3.05) is 26.3 Å². The fraction of sp³-hybridized carbons (Fsp3) is 1.00. The quantitative estimate of drug-likeness (QED) is 0.589. The second-order valence-corrected chi connectivity index (χ2v) is 6.30. The van der Waals surface area contributed by atoms with E-state index in [2.05, 4.69) is 46.9 Å². The lowest BCUT2D eigenvalue weighted by molar-refractivity contribution is -0.120. The van der Waals surface area contributed by atoms with Gasteiger partial charge in [0.2, 0.25) is 0 Å². The number of hydrogen-bond acceptors (Lipinski definition) is 4. The minimum absolute atomic E-state index is 0.175. The minimum atomic E-state index is -0.259. The van der Waals surface area contributed by atoms with E-state index >= 15 is 0 Å². The van der Waals surface area contributed by atoms with Crippen LogP contribution in [-0.2, 0) is 9.47 Å². The van der Waals surface area contributed by atoms with Gasteiger partial charge in [0.1, 0.15) is 0 Å². The molecule has 0 aromatic heterocycles. The van der Waals surface area contributed by atoms with Gasteiger partial charge in [-0.1, -0.05) is 13.8 Å². The zero-order valence-electron chi connectivity index (χ0n) is 13.0. The van der Waals surface area contributed by atoms with E-state index in [1.54, 1.807) is 0 Å². The molecule has 0 fully saturated rings. The summed E-state index contributed by atoms with van der Waals surface area (Å²) < 4.78 is 11.7. The maximum atomic E-state index is 5.89. The van der Waals surface area contributed by atoms with Crippen molar-refractivity contribution in [1.82, 2.24) is 5.32 Å². The number of nitrogens with one attached hydrogen (secondary N) is 1. The summed E-state index contributed by atoms with van der Waals surface area (Å²) in [4.78, 5) is 0. The average molecular weight is 260 g/mol. The largest absolute Gasteiger partial charge is 0.373 e. The number of hydrogen-bond donors (Lipinski definition) is 2. The first-order valence-electron chi connectivity index (χ1n) is 6.90. The predicted molar refractivity (Wildman–Crippen MR) is 76.9 cm³/mol. The van der Waals surface area contributed by atoms with Crippen molar-refractivity contribution in [2.24, 2.45) is 5.73 Å². The maximum absolute atomic E-state index is 5.89. The molecule has 0 aliphatic carbocycles. The Morgan fingerprint density at radius 2 is 1.67 bits per heavy atom. The van der Waals surface area contributed by atoms with E-state index in [1.165, 1.54) is 0 Å². The molecule has 0 atom stereocenters. The smallest absolute Gasteiger partial charge is 0.0859 e. The van der Waals surface area contributed by atoms with Gasteiger partial charge in [0.25, 0.3) is 0 Å². The Bertz CT molecular complexity index is 216. The monoisotopic (exact) mass is 260 g/mol. The SMILES string of the molecule is CC(C)NCCOC(C)(C)COC(C)(C)CCN. The zero-order valence-corrected chi connectivity index (χ0v) is 13.0. The van der Waals surface area contributed by atoms with Gasteiger partial charge in [-0.15, -0.1) is 0 Å². The highest BCUT2D eigenvalue weighted by atomic mass is 16.6. The van der Waals surface area contributed by atoms with E-state index in [9.17, 15) is 0 Å². The molecule has 0 amide bonds. The van der Waals surface area contributed by atoms with Crippen molar-refractivity contribution in [3.63, 3.8) is 0 Å². The van der Waals surface area contributed by atoms with E-state index < -0.39 is 0 Å². The standard InChI is InChI=1S/C14H32N2O2/c1-12(2)16-9-10-17-14(5,6)11-18-13(3,4)7-8-15/h12,16H,7-11,15H2,1-6H3. The van der Waals surface area contributed by atoms with Crippen molar-refractivity contribution >= 4 is 0 Å². The van der Waals surface area contributed by atoms with Crippen LogP contribution in [0.4, 0.5) is 0 Å². The molecule has 0 aliphatic rings. The molecule has 4 heteroatoms. The fourth-order valence-corrected chi connectivity index (χ4v) is 1.51. The third-order valence-corrected chi connectivity index (χ3v) is 2.70. The van der Waals surface area contributed by atoms with Crippen LogP contribution in [0.3, 0.4) is 0 Å². The molecule has 0 aromatic rings. The van der Waals surface area contributed by atoms with Crippen LogP contribution in [0.25, 0.3) is 0 Å². The van der Waals surface area contributed by atoms with Gasteiger partial charge in [-0.25, -0.2) is 0 Å². The van der Waals surface area contributed by atoms with E-state index in [0.717, 1.165) is 13.0 Å². The summed E-state index contributed by atoms with van der Waals surface area (Å²) in [6, 6.07) is 0.497. The van der Waals surface area contributed by atoms with Gasteiger partial charge in [0, 0.05) is 12.6 Å². The van der Waals surface area contributed by atoms with Crippen LogP contribution in [-0.4, -0.2) is 43.5 Å². The first-order chi connectivity index (χ1) is 8.18. The number of ether oxygens (including phenoxy) is 2. The third kappa shape index (κ3) is 9.83. The summed E-state index contributed by atoms with van der Waals surface area (Å²) in [5.41, 5.74) is 5.13. The summed E-state index contributed by atoms with van der Waals surface area (Å²) in [7, 11) is 0. The van der Waals surface area contributed by atoms with Gasteiger partial charge in [-0.05, 0) is 40.7 Å². The van der Waals surface area contributed by atoms with Crippen molar-refractivity contribution in [2.45, 2.75) is 65.2 Å². The molecule has 0 unspecified atom stereocenters. The maximum Gasteiger partial charge on any atom is 0.0859 e. The third-order valence-electron chi connectivity index (χ3n) is 2.70. The van der Waals surface area contributed by atoms with Gasteiger partial charge in [0.15, 0.2) is 0 Å². The number of rotatable bonds is 10. The van der Waals surface area contributed by atoms with Crippen molar-refractivity contribution in [3.8, 4) is 0 Å². The molecule has 110 valence electrons. The molecule has 18 heavy (non-hydrogen) atoms. The summed E-state index contributed by atoms with van der Waals surface area (Å²) >= 11 is 0. The lowest BCUT2D eigenvalue weighted by Crippen LogP contribution is -2.39. The first kappa shape index (κ1) is 17.8. The molecule has 0 saturated heterocycles. The molecule has 0 radical (unpaired) electrons. The van der Waals surface area contributed by atoms with Gasteiger partial charge in [0.05, 0.1) is 24.4 Å². The second kappa shape index (κ2) is 8.10. The highest BCUT2D eigenvalue weighted by molar-refractivity contribution is 4.74. The van der Waals surface area contributed by atoms with Crippen LogP contribution in [0.2, 0.25) is 0 Å². The molecule has 3 N–H and O–H groups in total. The summed E-state index contributed by atoms with van der Waals surface area (Å²) in [6.07, 6.45) is 0.859. The Morgan fingerprint density at radius 1 is 1.06 bits per heavy atom. The molecular weight excluding hydrogens is 228 g/mol. The normalized spacial score (nSPS) is 13.3. The van der Waals surface area contributed by atoms with Gasteiger partial charge >= 0.3 is 0 Å².